The summed E-state index contributed by atoms with van der Waals surface area (Å²) < 4.78 is 29.5. The lowest BCUT2D eigenvalue weighted by molar-refractivity contribution is 0.102. The SMILES string of the molecule is CCOc1ccc(NC(=O)c2ccccc2S(=O)(=O)CC)cc1. The molecule has 2 aromatic carbocycles. The van der Waals surface area contributed by atoms with Gasteiger partial charge in [0.2, 0.25) is 0 Å². The summed E-state index contributed by atoms with van der Waals surface area (Å²) in [5.74, 6) is 0.196. The second-order valence-electron chi connectivity index (χ2n) is 4.81. The molecule has 5 nitrogen and oxygen atoms in total. The van der Waals surface area contributed by atoms with Gasteiger partial charge in [-0.15, -0.1) is 0 Å². The van der Waals surface area contributed by atoms with Crippen molar-refractivity contribution in [2.75, 3.05) is 17.7 Å². The number of nitrogens with one attached hydrogen (secondary N) is 1. The summed E-state index contributed by atoms with van der Waals surface area (Å²) in [6.45, 7) is 4.01. The predicted molar refractivity (Wildman–Crippen MR) is 89.7 cm³/mol. The summed E-state index contributed by atoms with van der Waals surface area (Å²) in [7, 11) is -3.46. The molecule has 0 spiro atoms. The number of carbonyl (C=O) groups excluding carboxylic acids is 1. The molecule has 0 aliphatic carbocycles. The van der Waals surface area contributed by atoms with Crippen LogP contribution in [0, 0.1) is 0 Å². The van der Waals surface area contributed by atoms with Crippen molar-refractivity contribution < 1.29 is 17.9 Å². The van der Waals surface area contributed by atoms with Crippen LogP contribution in [-0.4, -0.2) is 26.7 Å². The Morgan fingerprint density at radius 3 is 2.30 bits per heavy atom. The lowest BCUT2D eigenvalue weighted by atomic mass is 10.2. The molecule has 2 rings (SSSR count). The smallest absolute Gasteiger partial charge is 0.256 e. The lowest BCUT2D eigenvalue weighted by Crippen LogP contribution is -2.17. The van der Waals surface area contributed by atoms with Gasteiger partial charge in [-0.3, -0.25) is 4.79 Å². The Labute approximate surface area is 136 Å². The van der Waals surface area contributed by atoms with E-state index in [4.69, 9.17) is 4.74 Å². The Morgan fingerprint density at radius 2 is 1.70 bits per heavy atom. The van der Waals surface area contributed by atoms with E-state index in [0.717, 1.165) is 0 Å². The third kappa shape index (κ3) is 4.10. The third-order valence-corrected chi connectivity index (χ3v) is 5.06. The van der Waals surface area contributed by atoms with E-state index in [1.165, 1.54) is 12.1 Å². The highest BCUT2D eigenvalue weighted by Crippen LogP contribution is 2.20. The van der Waals surface area contributed by atoms with Crippen LogP contribution in [0.5, 0.6) is 5.75 Å². The van der Waals surface area contributed by atoms with Gasteiger partial charge in [-0.05, 0) is 43.3 Å². The Bertz CT molecular complexity index is 782. The van der Waals surface area contributed by atoms with Crippen LogP contribution in [0.3, 0.4) is 0 Å². The number of hydrogen-bond donors (Lipinski definition) is 1. The fraction of sp³-hybridized carbons (Fsp3) is 0.235. The van der Waals surface area contributed by atoms with Gasteiger partial charge in [-0.25, -0.2) is 8.42 Å². The van der Waals surface area contributed by atoms with Crippen molar-refractivity contribution in [1.29, 1.82) is 0 Å². The zero-order chi connectivity index (χ0) is 16.9. The highest BCUT2D eigenvalue weighted by molar-refractivity contribution is 7.91. The van der Waals surface area contributed by atoms with E-state index in [0.29, 0.717) is 18.0 Å². The first kappa shape index (κ1) is 17.0. The first-order valence-corrected chi connectivity index (χ1v) is 8.99. The molecule has 0 saturated carbocycles. The van der Waals surface area contributed by atoms with Gasteiger partial charge >= 0.3 is 0 Å². The number of sulfone groups is 1. The number of carbonyl (C=O) groups is 1. The molecule has 0 aliphatic heterocycles. The maximum atomic E-state index is 12.4. The summed E-state index contributed by atoms with van der Waals surface area (Å²) in [4.78, 5) is 12.4. The molecule has 23 heavy (non-hydrogen) atoms. The van der Waals surface area contributed by atoms with Gasteiger partial charge in [0.15, 0.2) is 9.84 Å². The van der Waals surface area contributed by atoms with Crippen molar-refractivity contribution in [3.63, 3.8) is 0 Å². The molecule has 2 aromatic rings. The number of amides is 1. The molecule has 6 heteroatoms. The molecule has 0 heterocycles. The molecule has 0 unspecified atom stereocenters. The predicted octanol–water partition coefficient (Wildman–Crippen LogP) is 3.13. The second kappa shape index (κ2) is 7.28. The summed E-state index contributed by atoms with van der Waals surface area (Å²) in [5.41, 5.74) is 0.713. The van der Waals surface area contributed by atoms with Crippen molar-refractivity contribution in [3.8, 4) is 5.75 Å². The molecule has 1 amide bonds. The number of rotatable bonds is 6. The Morgan fingerprint density at radius 1 is 1.04 bits per heavy atom. The molecular weight excluding hydrogens is 314 g/mol. The van der Waals surface area contributed by atoms with E-state index < -0.39 is 15.7 Å². The van der Waals surface area contributed by atoms with E-state index in [9.17, 15) is 13.2 Å². The minimum Gasteiger partial charge on any atom is -0.494 e. The van der Waals surface area contributed by atoms with E-state index in [1.54, 1.807) is 43.3 Å². The number of hydrogen-bond acceptors (Lipinski definition) is 4. The Balaban J connectivity index is 2.25. The van der Waals surface area contributed by atoms with E-state index in [2.05, 4.69) is 5.32 Å². The first-order valence-electron chi connectivity index (χ1n) is 7.34. The van der Waals surface area contributed by atoms with Crippen molar-refractivity contribution in [2.45, 2.75) is 18.7 Å². The van der Waals surface area contributed by atoms with Gasteiger partial charge in [-0.1, -0.05) is 19.1 Å². The highest BCUT2D eigenvalue weighted by Gasteiger charge is 2.20. The molecule has 122 valence electrons. The summed E-state index contributed by atoms with van der Waals surface area (Å²) in [6, 6.07) is 13.1. The normalized spacial score (nSPS) is 11.0. The average molecular weight is 333 g/mol. The number of anilines is 1. The van der Waals surface area contributed by atoms with Crippen LogP contribution in [0.2, 0.25) is 0 Å². The molecule has 1 N–H and O–H groups in total. The maximum Gasteiger partial charge on any atom is 0.256 e. The summed E-state index contributed by atoms with van der Waals surface area (Å²) >= 11 is 0. The van der Waals surface area contributed by atoms with Gasteiger partial charge in [0, 0.05) is 5.69 Å². The van der Waals surface area contributed by atoms with Gasteiger partial charge in [-0.2, -0.15) is 0 Å². The van der Waals surface area contributed by atoms with Crippen molar-refractivity contribution >= 4 is 21.4 Å². The molecule has 0 aliphatic rings. The summed E-state index contributed by atoms with van der Waals surface area (Å²) in [5, 5.41) is 2.71. The van der Waals surface area contributed by atoms with Crippen LogP contribution < -0.4 is 10.1 Å². The minimum absolute atomic E-state index is 0.0472. The van der Waals surface area contributed by atoms with Crippen molar-refractivity contribution in [3.05, 3.63) is 54.1 Å². The topological polar surface area (TPSA) is 72.5 Å². The molecule has 0 aromatic heterocycles. The fourth-order valence-corrected chi connectivity index (χ4v) is 3.17. The standard InChI is InChI=1S/C17H19NO4S/c1-3-22-14-11-9-13(10-12-14)18-17(19)15-7-5-6-8-16(15)23(20,21)4-2/h5-12H,3-4H2,1-2H3,(H,18,19). The maximum absolute atomic E-state index is 12.4. The van der Waals surface area contributed by atoms with Gasteiger partial charge in [0.25, 0.3) is 5.91 Å². The van der Waals surface area contributed by atoms with Crippen molar-refractivity contribution in [2.24, 2.45) is 0 Å². The lowest BCUT2D eigenvalue weighted by Gasteiger charge is -2.10. The van der Waals surface area contributed by atoms with Crippen LogP contribution in [0.25, 0.3) is 0 Å². The van der Waals surface area contributed by atoms with Gasteiger partial charge < -0.3 is 10.1 Å². The largest absolute Gasteiger partial charge is 0.494 e. The quantitative estimate of drug-likeness (QED) is 0.881. The monoisotopic (exact) mass is 333 g/mol. The zero-order valence-electron chi connectivity index (χ0n) is 13.1. The Hall–Kier alpha value is -2.34. The molecular formula is C17H19NO4S. The summed E-state index contributed by atoms with van der Waals surface area (Å²) in [6.07, 6.45) is 0. The van der Waals surface area contributed by atoms with Crippen molar-refractivity contribution in [1.82, 2.24) is 0 Å². The van der Waals surface area contributed by atoms with Crippen LogP contribution in [0.15, 0.2) is 53.4 Å². The zero-order valence-corrected chi connectivity index (χ0v) is 13.9. The second-order valence-corrected chi connectivity index (χ2v) is 7.06. The molecule has 0 atom stereocenters. The Kier molecular flexibility index (Phi) is 5.39. The molecule has 0 bridgehead atoms. The van der Waals surface area contributed by atoms with E-state index >= 15 is 0 Å². The third-order valence-electron chi connectivity index (χ3n) is 3.27. The van der Waals surface area contributed by atoms with Crippen LogP contribution in [0.1, 0.15) is 24.2 Å². The first-order chi connectivity index (χ1) is 11.0. The van der Waals surface area contributed by atoms with Gasteiger partial charge in [0.05, 0.1) is 22.8 Å². The molecule has 0 fully saturated rings. The van der Waals surface area contributed by atoms with E-state index in [-0.39, 0.29) is 16.2 Å². The molecule has 0 radical (unpaired) electrons. The highest BCUT2D eigenvalue weighted by atomic mass is 32.2. The van der Waals surface area contributed by atoms with Crippen LogP contribution in [0.4, 0.5) is 5.69 Å². The number of benzene rings is 2. The average Bonchev–Trinajstić information content (AvgIpc) is 2.57. The van der Waals surface area contributed by atoms with E-state index in [1.807, 2.05) is 6.92 Å². The number of ether oxygens (including phenoxy) is 1. The van der Waals surface area contributed by atoms with Crippen LogP contribution in [-0.2, 0) is 9.84 Å². The fourth-order valence-electron chi connectivity index (χ4n) is 2.08. The minimum atomic E-state index is -3.46. The van der Waals surface area contributed by atoms with Crippen LogP contribution >= 0.6 is 0 Å². The molecule has 0 saturated heterocycles. The van der Waals surface area contributed by atoms with Gasteiger partial charge in [0.1, 0.15) is 5.75 Å².